The minimum Gasteiger partial charge on any atom is -0.508 e. The molecule has 0 aliphatic heterocycles. The minimum atomic E-state index is -0.305. The van der Waals surface area contributed by atoms with Crippen molar-refractivity contribution in [1.82, 2.24) is 19.7 Å². The zero-order valence-corrected chi connectivity index (χ0v) is 21.6. The van der Waals surface area contributed by atoms with Crippen LogP contribution in [-0.2, 0) is 11.3 Å². The van der Waals surface area contributed by atoms with Crippen molar-refractivity contribution in [3.05, 3.63) is 46.1 Å². The van der Waals surface area contributed by atoms with Crippen LogP contribution in [0.3, 0.4) is 0 Å². The summed E-state index contributed by atoms with van der Waals surface area (Å²) in [5.74, 6) is 1.33. The lowest BCUT2D eigenvalue weighted by Gasteiger charge is -2.20. The highest BCUT2D eigenvalue weighted by atomic mass is 32.2. The fourth-order valence-corrected chi connectivity index (χ4v) is 4.48. The molecular formula is C23H30N6O3S2. The Kier molecular flexibility index (Phi) is 8.56. The fourth-order valence-electron chi connectivity index (χ4n) is 3.37. The second kappa shape index (κ2) is 11.4. The molecule has 0 aliphatic rings. The van der Waals surface area contributed by atoms with Gasteiger partial charge in [-0.25, -0.2) is 4.98 Å². The number of nitrogens with one attached hydrogen (secondary N) is 2. The predicted octanol–water partition coefficient (Wildman–Crippen LogP) is 4.18. The summed E-state index contributed by atoms with van der Waals surface area (Å²) in [7, 11) is 0. The van der Waals surface area contributed by atoms with Crippen LogP contribution in [0.15, 0.2) is 24.5 Å². The minimum absolute atomic E-state index is 0.0244. The molecule has 2 heterocycles. The largest absolute Gasteiger partial charge is 0.508 e. The lowest BCUT2D eigenvalue weighted by Crippen LogP contribution is -2.35. The number of phenolic OH excluding ortho intramolecular Hbond substituents is 1. The number of thioether (sulfide) groups is 1. The maximum absolute atomic E-state index is 12.7. The first-order valence-electron chi connectivity index (χ1n) is 10.9. The number of nitrogens with zero attached hydrogens (tertiary/aromatic N) is 4. The molecule has 34 heavy (non-hydrogen) atoms. The van der Waals surface area contributed by atoms with Crippen LogP contribution in [-0.4, -0.2) is 61.7 Å². The van der Waals surface area contributed by atoms with Gasteiger partial charge in [0.2, 0.25) is 5.91 Å². The SMILES string of the molecule is CCN(CCSC)C(=O)Cn1cc(C)c(Nc2ncc(C(=O)Nc3c(C)ccc(O)c3C)s2)n1. The Morgan fingerprint density at radius 3 is 2.71 bits per heavy atom. The number of hydrogen-bond donors (Lipinski definition) is 3. The van der Waals surface area contributed by atoms with E-state index in [1.165, 1.54) is 17.5 Å². The average molecular weight is 503 g/mol. The molecule has 3 aromatic rings. The van der Waals surface area contributed by atoms with E-state index in [-0.39, 0.29) is 24.1 Å². The molecule has 0 saturated heterocycles. The molecule has 11 heteroatoms. The van der Waals surface area contributed by atoms with E-state index in [2.05, 4.69) is 20.7 Å². The molecule has 3 rings (SSSR count). The van der Waals surface area contributed by atoms with E-state index in [1.54, 1.807) is 35.5 Å². The second-order valence-electron chi connectivity index (χ2n) is 7.83. The van der Waals surface area contributed by atoms with Crippen molar-refractivity contribution in [2.45, 2.75) is 34.2 Å². The van der Waals surface area contributed by atoms with Gasteiger partial charge in [0.1, 0.15) is 17.2 Å². The highest BCUT2D eigenvalue weighted by Gasteiger charge is 2.17. The molecule has 0 unspecified atom stereocenters. The Morgan fingerprint density at radius 2 is 2.00 bits per heavy atom. The summed E-state index contributed by atoms with van der Waals surface area (Å²) in [5.41, 5.74) is 2.93. The maximum Gasteiger partial charge on any atom is 0.267 e. The maximum atomic E-state index is 12.7. The number of benzene rings is 1. The lowest BCUT2D eigenvalue weighted by molar-refractivity contribution is -0.131. The number of rotatable bonds is 10. The zero-order chi connectivity index (χ0) is 24.8. The standard InChI is InChI=1S/C23H30N6O3S2/c1-6-28(9-10-33-5)19(31)13-29-12-15(3)21(27-29)26-23-24-11-18(34-23)22(32)25-20-14(2)7-8-17(30)16(20)4/h7-8,11-12,30H,6,9-10,13H2,1-5H3,(H,25,32)(H,24,26,27). The van der Waals surface area contributed by atoms with Crippen molar-refractivity contribution in [2.75, 3.05) is 35.7 Å². The number of aromatic nitrogens is 3. The molecule has 3 N–H and O–H groups in total. The van der Waals surface area contributed by atoms with E-state index < -0.39 is 0 Å². The van der Waals surface area contributed by atoms with E-state index in [0.717, 1.165) is 16.9 Å². The zero-order valence-electron chi connectivity index (χ0n) is 20.0. The number of carbonyl (C=O) groups is 2. The van der Waals surface area contributed by atoms with E-state index in [1.807, 2.05) is 38.1 Å². The van der Waals surface area contributed by atoms with Crippen LogP contribution in [0.1, 0.15) is 33.3 Å². The van der Waals surface area contributed by atoms with Crippen molar-refractivity contribution in [2.24, 2.45) is 0 Å². The first-order chi connectivity index (χ1) is 16.2. The Labute approximate surface area is 207 Å². The van der Waals surface area contributed by atoms with Crippen molar-refractivity contribution < 1.29 is 14.7 Å². The third kappa shape index (κ3) is 6.09. The third-order valence-electron chi connectivity index (χ3n) is 5.38. The van der Waals surface area contributed by atoms with Gasteiger partial charge in [-0.15, -0.1) is 0 Å². The number of likely N-dealkylation sites (N-methyl/N-ethyl adjacent to an activating group) is 1. The molecule has 1 aromatic carbocycles. The van der Waals surface area contributed by atoms with Gasteiger partial charge in [0.25, 0.3) is 5.91 Å². The van der Waals surface area contributed by atoms with Crippen LogP contribution in [0, 0.1) is 20.8 Å². The van der Waals surface area contributed by atoms with E-state index >= 15 is 0 Å². The summed E-state index contributed by atoms with van der Waals surface area (Å²) in [6.45, 7) is 9.04. The van der Waals surface area contributed by atoms with Gasteiger partial charge in [-0.3, -0.25) is 14.3 Å². The highest BCUT2D eigenvalue weighted by Crippen LogP contribution is 2.30. The van der Waals surface area contributed by atoms with Gasteiger partial charge in [-0.2, -0.15) is 16.9 Å². The molecule has 0 radical (unpaired) electrons. The number of thiazole rings is 1. The molecule has 0 fully saturated rings. The van der Waals surface area contributed by atoms with Crippen LogP contribution in [0.2, 0.25) is 0 Å². The van der Waals surface area contributed by atoms with Crippen molar-refractivity contribution in [3.63, 3.8) is 0 Å². The molecule has 2 amide bonds. The van der Waals surface area contributed by atoms with Crippen molar-refractivity contribution in [1.29, 1.82) is 0 Å². The van der Waals surface area contributed by atoms with Crippen LogP contribution in [0.4, 0.5) is 16.6 Å². The van der Waals surface area contributed by atoms with Gasteiger partial charge in [-0.1, -0.05) is 17.4 Å². The molecule has 0 atom stereocenters. The summed E-state index contributed by atoms with van der Waals surface area (Å²) in [5, 5.41) is 20.9. The molecule has 0 spiro atoms. The van der Waals surface area contributed by atoms with Crippen LogP contribution in [0.25, 0.3) is 0 Å². The fraction of sp³-hybridized carbons (Fsp3) is 0.391. The quantitative estimate of drug-likeness (QED) is 0.381. The summed E-state index contributed by atoms with van der Waals surface area (Å²) < 4.78 is 1.62. The first-order valence-corrected chi connectivity index (χ1v) is 13.1. The molecule has 182 valence electrons. The molecule has 0 bridgehead atoms. The van der Waals surface area contributed by atoms with Gasteiger partial charge >= 0.3 is 0 Å². The Balaban J connectivity index is 1.66. The Bertz CT molecular complexity index is 1170. The number of amides is 2. The van der Waals surface area contributed by atoms with Gasteiger partial charge in [0.05, 0.1) is 11.9 Å². The van der Waals surface area contributed by atoms with Crippen molar-refractivity contribution >= 4 is 51.5 Å². The summed E-state index contributed by atoms with van der Waals surface area (Å²) >= 11 is 2.91. The molecule has 9 nitrogen and oxygen atoms in total. The smallest absolute Gasteiger partial charge is 0.267 e. The molecule has 0 saturated carbocycles. The van der Waals surface area contributed by atoms with Gasteiger partial charge in [-0.05, 0) is 45.6 Å². The predicted molar refractivity (Wildman–Crippen MR) is 139 cm³/mol. The monoisotopic (exact) mass is 502 g/mol. The number of anilines is 3. The second-order valence-corrected chi connectivity index (χ2v) is 9.85. The number of phenols is 1. The number of carbonyl (C=O) groups excluding carboxylic acids is 2. The van der Waals surface area contributed by atoms with Crippen LogP contribution >= 0.6 is 23.1 Å². The van der Waals surface area contributed by atoms with E-state index in [0.29, 0.717) is 40.2 Å². The van der Waals surface area contributed by atoms with Crippen LogP contribution in [0.5, 0.6) is 5.75 Å². The van der Waals surface area contributed by atoms with Crippen LogP contribution < -0.4 is 10.6 Å². The highest BCUT2D eigenvalue weighted by molar-refractivity contribution is 7.98. The Hall–Kier alpha value is -3.05. The number of aryl methyl sites for hydroxylation is 2. The summed E-state index contributed by atoms with van der Waals surface area (Å²) in [4.78, 5) is 31.9. The third-order valence-corrected chi connectivity index (χ3v) is 6.88. The molecule has 0 aliphatic carbocycles. The summed E-state index contributed by atoms with van der Waals surface area (Å²) in [6.07, 6.45) is 5.34. The van der Waals surface area contributed by atoms with Gasteiger partial charge in [0.15, 0.2) is 10.9 Å². The van der Waals surface area contributed by atoms with E-state index in [9.17, 15) is 14.7 Å². The Morgan fingerprint density at radius 1 is 1.24 bits per heavy atom. The lowest BCUT2D eigenvalue weighted by atomic mass is 10.1. The average Bonchev–Trinajstić information content (AvgIpc) is 3.41. The first kappa shape index (κ1) is 25.6. The normalized spacial score (nSPS) is 10.9. The number of aromatic hydroxyl groups is 1. The summed E-state index contributed by atoms with van der Waals surface area (Å²) in [6, 6.07) is 3.36. The van der Waals surface area contributed by atoms with E-state index in [4.69, 9.17) is 0 Å². The topological polar surface area (TPSA) is 112 Å². The number of hydrogen-bond acceptors (Lipinski definition) is 8. The van der Waals surface area contributed by atoms with Gasteiger partial charge in [0, 0.05) is 36.2 Å². The van der Waals surface area contributed by atoms with Crippen molar-refractivity contribution in [3.8, 4) is 5.75 Å². The molecular weight excluding hydrogens is 472 g/mol. The van der Waals surface area contributed by atoms with Gasteiger partial charge < -0.3 is 20.6 Å². The molecule has 2 aromatic heterocycles.